The Kier molecular flexibility index (Phi) is 5.79. The highest BCUT2D eigenvalue weighted by Crippen LogP contribution is 2.23. The number of aliphatic imine (C=N–C) groups is 1. The van der Waals surface area contributed by atoms with E-state index in [4.69, 9.17) is 5.73 Å². The molecule has 0 spiro atoms. The molecular weight excluding hydrogens is 345 g/mol. The van der Waals surface area contributed by atoms with Crippen LogP contribution in [0.2, 0.25) is 0 Å². The zero-order valence-electron chi connectivity index (χ0n) is 12.8. The van der Waals surface area contributed by atoms with E-state index in [0.29, 0.717) is 5.69 Å². The zero-order chi connectivity index (χ0) is 18.4. The van der Waals surface area contributed by atoms with E-state index >= 15 is 0 Å². The summed E-state index contributed by atoms with van der Waals surface area (Å²) in [6.45, 7) is 0.0337. The van der Waals surface area contributed by atoms with Crippen molar-refractivity contribution >= 4 is 11.6 Å². The lowest BCUT2D eigenvalue weighted by atomic mass is 10.1. The second-order valence-electron chi connectivity index (χ2n) is 4.91. The molecule has 0 heterocycles. The Morgan fingerprint density at radius 2 is 1.64 bits per heavy atom. The molecule has 3 N–H and O–H groups in total. The summed E-state index contributed by atoms with van der Waals surface area (Å²) >= 11 is 0. The molecule has 0 saturated carbocycles. The number of benzene rings is 2. The van der Waals surface area contributed by atoms with Crippen molar-refractivity contribution in [1.82, 2.24) is 0 Å². The average Bonchev–Trinajstić information content (AvgIpc) is 2.51. The Balaban J connectivity index is 1.91. The fraction of sp³-hybridized carbons (Fsp3) is 0.188. The molecule has 0 aromatic heterocycles. The fourth-order valence-electron chi connectivity index (χ4n) is 1.99. The molecule has 0 bridgehead atoms. The number of alkyl halides is 3. The van der Waals surface area contributed by atoms with Crippen molar-refractivity contribution < 1.29 is 26.7 Å². The number of rotatable bonds is 5. The smallest absolute Gasteiger partial charge is 0.406 e. The van der Waals surface area contributed by atoms with Crippen LogP contribution in [0.15, 0.2) is 47.5 Å². The summed E-state index contributed by atoms with van der Waals surface area (Å²) < 4.78 is 66.8. The third-order valence-electron chi connectivity index (χ3n) is 3.07. The van der Waals surface area contributed by atoms with Crippen molar-refractivity contribution in [2.45, 2.75) is 12.8 Å². The van der Waals surface area contributed by atoms with Crippen LogP contribution in [0.5, 0.6) is 5.75 Å². The first-order chi connectivity index (χ1) is 11.7. The summed E-state index contributed by atoms with van der Waals surface area (Å²) in [6, 6.07) is 8.41. The molecule has 2 aromatic carbocycles. The number of hydrogen-bond acceptors (Lipinski definition) is 2. The van der Waals surface area contributed by atoms with Crippen LogP contribution in [0.1, 0.15) is 5.56 Å². The number of halogens is 5. The van der Waals surface area contributed by atoms with Gasteiger partial charge in [0.15, 0.2) is 5.96 Å². The molecule has 4 nitrogen and oxygen atoms in total. The minimum Gasteiger partial charge on any atom is -0.406 e. The normalized spacial score (nSPS) is 12.1. The van der Waals surface area contributed by atoms with Crippen molar-refractivity contribution in [2.24, 2.45) is 10.7 Å². The largest absolute Gasteiger partial charge is 0.573 e. The van der Waals surface area contributed by atoms with E-state index in [1.54, 1.807) is 0 Å². The molecule has 0 atom stereocenters. The summed E-state index contributed by atoms with van der Waals surface area (Å²) in [6.07, 6.45) is -4.75. The van der Waals surface area contributed by atoms with Gasteiger partial charge in [0.25, 0.3) is 0 Å². The van der Waals surface area contributed by atoms with Gasteiger partial charge in [0, 0.05) is 17.8 Å². The van der Waals surface area contributed by atoms with Crippen molar-refractivity contribution in [1.29, 1.82) is 0 Å². The van der Waals surface area contributed by atoms with Gasteiger partial charge in [0.05, 0.1) is 0 Å². The van der Waals surface area contributed by atoms with E-state index in [0.717, 1.165) is 24.3 Å². The fourth-order valence-corrected chi connectivity index (χ4v) is 1.99. The van der Waals surface area contributed by atoms with E-state index in [9.17, 15) is 22.0 Å². The van der Waals surface area contributed by atoms with E-state index in [2.05, 4.69) is 15.0 Å². The molecule has 0 unspecified atom stereocenters. The predicted octanol–water partition coefficient (Wildman–Crippen LogP) is 3.83. The predicted molar refractivity (Wildman–Crippen MR) is 83.3 cm³/mol. The number of nitrogens with zero attached hydrogens (tertiary/aromatic N) is 1. The number of guanidine groups is 1. The number of hydrogen-bond donors (Lipinski definition) is 2. The van der Waals surface area contributed by atoms with Crippen molar-refractivity contribution in [3.63, 3.8) is 0 Å². The molecule has 134 valence electrons. The highest BCUT2D eigenvalue weighted by molar-refractivity contribution is 5.92. The van der Waals surface area contributed by atoms with Gasteiger partial charge in [-0.2, -0.15) is 0 Å². The average molecular weight is 359 g/mol. The summed E-state index contributed by atoms with van der Waals surface area (Å²) in [4.78, 5) is 3.92. The number of ether oxygens (including phenoxy) is 1. The third kappa shape index (κ3) is 5.94. The van der Waals surface area contributed by atoms with Gasteiger partial charge in [0.2, 0.25) is 0 Å². The molecule has 0 amide bonds. The van der Waals surface area contributed by atoms with Gasteiger partial charge in [-0.3, -0.25) is 4.99 Å². The van der Waals surface area contributed by atoms with E-state index in [1.807, 2.05) is 0 Å². The lowest BCUT2D eigenvalue weighted by molar-refractivity contribution is -0.274. The van der Waals surface area contributed by atoms with Crippen LogP contribution in [-0.4, -0.2) is 18.9 Å². The lowest BCUT2D eigenvalue weighted by Gasteiger charge is -2.10. The van der Waals surface area contributed by atoms with Gasteiger partial charge < -0.3 is 15.8 Å². The van der Waals surface area contributed by atoms with Gasteiger partial charge in [-0.25, -0.2) is 8.78 Å². The highest BCUT2D eigenvalue weighted by Gasteiger charge is 2.30. The Bertz CT molecular complexity index is 724. The van der Waals surface area contributed by atoms with E-state index < -0.39 is 18.0 Å². The highest BCUT2D eigenvalue weighted by atomic mass is 19.4. The molecular formula is C16H14F5N3O. The van der Waals surface area contributed by atoms with Crippen LogP contribution in [-0.2, 0) is 6.42 Å². The quantitative estimate of drug-likeness (QED) is 0.485. The molecule has 2 aromatic rings. The first kappa shape index (κ1) is 18.5. The molecule has 2 rings (SSSR count). The molecule has 0 aliphatic carbocycles. The van der Waals surface area contributed by atoms with Crippen LogP contribution in [0.4, 0.5) is 27.6 Å². The van der Waals surface area contributed by atoms with E-state index in [1.165, 1.54) is 18.2 Å². The molecule has 0 aliphatic heterocycles. The molecule has 25 heavy (non-hydrogen) atoms. The maximum absolute atomic E-state index is 13.4. The summed E-state index contributed by atoms with van der Waals surface area (Å²) in [5, 5.41) is 2.65. The number of nitrogens with one attached hydrogen (secondary N) is 1. The van der Waals surface area contributed by atoms with Crippen LogP contribution in [0.25, 0.3) is 0 Å². The van der Waals surface area contributed by atoms with Crippen LogP contribution in [0, 0.1) is 11.6 Å². The van der Waals surface area contributed by atoms with Gasteiger partial charge in [0.1, 0.15) is 17.4 Å². The second-order valence-corrected chi connectivity index (χ2v) is 4.91. The van der Waals surface area contributed by atoms with Crippen LogP contribution >= 0.6 is 0 Å². The number of anilines is 1. The summed E-state index contributed by atoms with van der Waals surface area (Å²) in [7, 11) is 0. The lowest BCUT2D eigenvalue weighted by Crippen LogP contribution is -2.23. The standard InChI is InChI=1S/C16H14F5N3O/c17-13-2-1-3-14(18)12(13)8-9-23-15(22)24-10-4-6-11(7-5-10)25-16(19,20)21/h1-7H,8-9H2,(H3,22,23,24). The minimum absolute atomic E-state index is 0.0131. The van der Waals surface area contributed by atoms with Crippen molar-refractivity contribution in [3.05, 3.63) is 59.7 Å². The maximum Gasteiger partial charge on any atom is 0.573 e. The Morgan fingerprint density at radius 3 is 2.20 bits per heavy atom. The topological polar surface area (TPSA) is 59.6 Å². The molecule has 9 heteroatoms. The molecule has 0 saturated heterocycles. The van der Waals surface area contributed by atoms with Gasteiger partial charge in [-0.05, 0) is 42.8 Å². The van der Waals surface area contributed by atoms with Crippen molar-refractivity contribution in [2.75, 3.05) is 11.9 Å². The zero-order valence-corrected chi connectivity index (χ0v) is 12.8. The first-order valence-corrected chi connectivity index (χ1v) is 7.10. The molecule has 0 aliphatic rings. The van der Waals surface area contributed by atoms with Gasteiger partial charge >= 0.3 is 6.36 Å². The monoisotopic (exact) mass is 359 g/mol. The SMILES string of the molecule is NC(=NCCc1c(F)cccc1F)Nc1ccc(OC(F)(F)F)cc1. The second kappa shape index (κ2) is 7.82. The molecule has 0 fully saturated rings. The number of nitrogens with two attached hydrogens (primary N) is 1. The molecule has 0 radical (unpaired) electrons. The van der Waals surface area contributed by atoms with Crippen LogP contribution < -0.4 is 15.8 Å². The van der Waals surface area contributed by atoms with Crippen molar-refractivity contribution in [3.8, 4) is 5.75 Å². The van der Waals surface area contributed by atoms with E-state index in [-0.39, 0.29) is 30.2 Å². The van der Waals surface area contributed by atoms with Gasteiger partial charge in [-0.15, -0.1) is 13.2 Å². The Morgan fingerprint density at radius 1 is 1.04 bits per heavy atom. The van der Waals surface area contributed by atoms with Gasteiger partial charge in [-0.1, -0.05) is 6.07 Å². The third-order valence-corrected chi connectivity index (χ3v) is 3.07. The minimum atomic E-state index is -4.77. The first-order valence-electron chi connectivity index (χ1n) is 7.10. The summed E-state index contributed by atoms with van der Waals surface area (Å²) in [5.74, 6) is -1.74. The van der Waals surface area contributed by atoms with Crippen LogP contribution in [0.3, 0.4) is 0 Å². The Labute approximate surface area is 140 Å². The summed E-state index contributed by atoms with van der Waals surface area (Å²) in [5.41, 5.74) is 5.92. The maximum atomic E-state index is 13.4. The Hall–Kier alpha value is -2.84.